The molecule has 0 radical (unpaired) electrons. The number of nitrogens with one attached hydrogen (secondary N) is 2. The maximum Gasteiger partial charge on any atom is 0.326 e. The zero-order valence-corrected chi connectivity index (χ0v) is 10.8. The Morgan fingerprint density at radius 1 is 1.26 bits per heavy atom. The van der Waals surface area contributed by atoms with Gasteiger partial charge in [-0.25, -0.2) is 14.8 Å². The van der Waals surface area contributed by atoms with Gasteiger partial charge in [-0.1, -0.05) is 11.6 Å². The molecule has 1 heterocycles. The average Bonchev–Trinajstić information content (AvgIpc) is 2.40. The van der Waals surface area contributed by atoms with Gasteiger partial charge in [-0.05, 0) is 24.3 Å². The number of rotatable bonds is 3. The molecule has 0 aliphatic heterocycles. The minimum atomic E-state index is -0.480. The smallest absolute Gasteiger partial charge is 0.326 e. The van der Waals surface area contributed by atoms with Gasteiger partial charge in [0.15, 0.2) is 0 Å². The second kappa shape index (κ2) is 6.01. The van der Waals surface area contributed by atoms with E-state index in [0.29, 0.717) is 16.5 Å². The third-order valence-electron chi connectivity index (χ3n) is 2.20. The molecule has 0 aliphatic rings. The van der Waals surface area contributed by atoms with Crippen molar-refractivity contribution in [1.82, 2.24) is 9.97 Å². The van der Waals surface area contributed by atoms with E-state index in [0.717, 1.165) is 0 Å². The molecule has 6 nitrogen and oxygen atoms in total. The van der Waals surface area contributed by atoms with Gasteiger partial charge in [0.2, 0.25) is 5.95 Å². The third kappa shape index (κ3) is 3.56. The number of benzene rings is 1. The molecule has 7 heteroatoms. The first kappa shape index (κ1) is 13.1. The summed E-state index contributed by atoms with van der Waals surface area (Å²) >= 11 is 5.87. The molecule has 98 valence electrons. The first-order valence-electron chi connectivity index (χ1n) is 5.37. The molecule has 0 spiro atoms. The summed E-state index contributed by atoms with van der Waals surface area (Å²) in [4.78, 5) is 19.5. The van der Waals surface area contributed by atoms with Gasteiger partial charge >= 0.3 is 6.03 Å². The Kier molecular flexibility index (Phi) is 4.15. The van der Waals surface area contributed by atoms with E-state index in [2.05, 4.69) is 20.6 Å². The van der Waals surface area contributed by atoms with Crippen LogP contribution in [0.4, 0.5) is 16.4 Å². The number of ether oxygens (including phenoxy) is 1. The van der Waals surface area contributed by atoms with Crippen LogP contribution in [0.15, 0.2) is 36.7 Å². The molecule has 0 atom stereocenters. The number of halogens is 1. The molecule has 2 aromatic rings. The minimum Gasteiger partial charge on any atom is -0.495 e. The van der Waals surface area contributed by atoms with Gasteiger partial charge in [0.05, 0.1) is 12.8 Å². The predicted molar refractivity (Wildman–Crippen MR) is 72.7 cm³/mol. The number of amides is 2. The van der Waals surface area contributed by atoms with Crippen molar-refractivity contribution >= 4 is 29.3 Å². The van der Waals surface area contributed by atoms with E-state index in [4.69, 9.17) is 16.3 Å². The molecule has 2 amide bonds. The first-order valence-corrected chi connectivity index (χ1v) is 5.75. The monoisotopic (exact) mass is 278 g/mol. The Bertz CT molecular complexity index is 577. The number of hydrogen-bond donors (Lipinski definition) is 2. The standard InChI is InChI=1S/C12H11ClN4O2/c1-19-10-4-3-8(13)7-9(10)16-12(18)17-11-14-5-2-6-15-11/h2-7H,1H3,(H2,14,15,16,17,18). The highest BCUT2D eigenvalue weighted by Crippen LogP contribution is 2.27. The molecule has 2 N–H and O–H groups in total. The molecule has 0 saturated heterocycles. The number of hydrogen-bond acceptors (Lipinski definition) is 4. The molecule has 1 aromatic heterocycles. The van der Waals surface area contributed by atoms with E-state index in [1.165, 1.54) is 19.5 Å². The average molecular weight is 279 g/mol. The zero-order chi connectivity index (χ0) is 13.7. The normalized spacial score (nSPS) is 9.79. The summed E-state index contributed by atoms with van der Waals surface area (Å²) in [6.45, 7) is 0. The van der Waals surface area contributed by atoms with Gasteiger partial charge in [0.1, 0.15) is 5.75 Å². The second-order valence-electron chi connectivity index (χ2n) is 3.50. The lowest BCUT2D eigenvalue weighted by molar-refractivity contribution is 0.262. The molecular weight excluding hydrogens is 268 g/mol. The van der Waals surface area contributed by atoms with Crippen LogP contribution < -0.4 is 15.4 Å². The molecule has 0 fully saturated rings. The van der Waals surface area contributed by atoms with Crippen LogP contribution in [0.5, 0.6) is 5.75 Å². The summed E-state index contributed by atoms with van der Waals surface area (Å²) < 4.78 is 5.12. The van der Waals surface area contributed by atoms with Gasteiger partial charge in [0, 0.05) is 17.4 Å². The fraction of sp³-hybridized carbons (Fsp3) is 0.0833. The molecular formula is C12H11ClN4O2. The number of aromatic nitrogens is 2. The van der Waals surface area contributed by atoms with E-state index in [9.17, 15) is 4.79 Å². The predicted octanol–water partition coefficient (Wildman–Crippen LogP) is 2.78. The molecule has 0 bridgehead atoms. The summed E-state index contributed by atoms with van der Waals surface area (Å²) in [6.07, 6.45) is 3.06. The number of carbonyl (C=O) groups is 1. The van der Waals surface area contributed by atoms with Crippen LogP contribution in [0.1, 0.15) is 0 Å². The van der Waals surface area contributed by atoms with Gasteiger partial charge in [-0.2, -0.15) is 0 Å². The highest BCUT2D eigenvalue weighted by Gasteiger charge is 2.09. The molecule has 1 aromatic carbocycles. The van der Waals surface area contributed by atoms with Crippen LogP contribution in [-0.4, -0.2) is 23.1 Å². The van der Waals surface area contributed by atoms with Crippen molar-refractivity contribution in [2.45, 2.75) is 0 Å². The maximum atomic E-state index is 11.8. The lowest BCUT2D eigenvalue weighted by atomic mass is 10.3. The Labute approximate surface area is 114 Å². The number of methoxy groups -OCH3 is 1. The highest BCUT2D eigenvalue weighted by molar-refractivity contribution is 6.31. The van der Waals surface area contributed by atoms with Crippen LogP contribution in [-0.2, 0) is 0 Å². The Hall–Kier alpha value is -2.34. The van der Waals surface area contributed by atoms with Gasteiger partial charge in [-0.15, -0.1) is 0 Å². The maximum absolute atomic E-state index is 11.8. The van der Waals surface area contributed by atoms with Gasteiger partial charge in [0.25, 0.3) is 0 Å². The zero-order valence-electron chi connectivity index (χ0n) is 10.1. The van der Waals surface area contributed by atoms with Crippen molar-refractivity contribution in [3.63, 3.8) is 0 Å². The molecule has 2 rings (SSSR count). The molecule has 0 aliphatic carbocycles. The Morgan fingerprint density at radius 2 is 2.00 bits per heavy atom. The van der Waals surface area contributed by atoms with Gasteiger partial charge in [-0.3, -0.25) is 5.32 Å². The summed E-state index contributed by atoms with van der Waals surface area (Å²) in [6, 6.07) is 6.10. The SMILES string of the molecule is COc1ccc(Cl)cc1NC(=O)Nc1ncccn1. The molecule has 0 unspecified atom stereocenters. The van der Waals surface area contributed by atoms with Gasteiger partial charge < -0.3 is 10.1 Å². The minimum absolute atomic E-state index is 0.209. The fourth-order valence-electron chi connectivity index (χ4n) is 1.40. The lowest BCUT2D eigenvalue weighted by Crippen LogP contribution is -2.21. The number of carbonyl (C=O) groups excluding carboxylic acids is 1. The summed E-state index contributed by atoms with van der Waals surface area (Å²) in [5.41, 5.74) is 0.462. The van der Waals surface area contributed by atoms with Crippen LogP contribution in [0.2, 0.25) is 5.02 Å². The van der Waals surface area contributed by atoms with Crippen LogP contribution in [0, 0.1) is 0 Å². The van der Waals surface area contributed by atoms with Crippen molar-refractivity contribution in [3.05, 3.63) is 41.7 Å². The van der Waals surface area contributed by atoms with Crippen molar-refractivity contribution in [2.75, 3.05) is 17.7 Å². The van der Waals surface area contributed by atoms with Crippen molar-refractivity contribution in [1.29, 1.82) is 0 Å². The summed E-state index contributed by atoms with van der Waals surface area (Å²) in [5.74, 6) is 0.717. The highest BCUT2D eigenvalue weighted by atomic mass is 35.5. The molecule has 19 heavy (non-hydrogen) atoms. The van der Waals surface area contributed by atoms with E-state index in [1.54, 1.807) is 24.3 Å². The molecule has 0 saturated carbocycles. The number of nitrogens with zero attached hydrogens (tertiary/aromatic N) is 2. The van der Waals surface area contributed by atoms with Crippen molar-refractivity contribution in [3.8, 4) is 5.75 Å². The van der Waals surface area contributed by atoms with E-state index in [1.807, 2.05) is 0 Å². The van der Waals surface area contributed by atoms with E-state index < -0.39 is 6.03 Å². The van der Waals surface area contributed by atoms with Crippen LogP contribution in [0.25, 0.3) is 0 Å². The van der Waals surface area contributed by atoms with Crippen LogP contribution in [0.3, 0.4) is 0 Å². The quantitative estimate of drug-likeness (QED) is 0.905. The summed E-state index contributed by atoms with van der Waals surface area (Å²) in [5, 5.41) is 5.59. The number of urea groups is 1. The third-order valence-corrected chi connectivity index (χ3v) is 2.44. The fourth-order valence-corrected chi connectivity index (χ4v) is 1.57. The van der Waals surface area contributed by atoms with Crippen molar-refractivity contribution in [2.24, 2.45) is 0 Å². The second-order valence-corrected chi connectivity index (χ2v) is 3.93. The summed E-state index contributed by atoms with van der Waals surface area (Å²) in [7, 11) is 1.51. The Morgan fingerprint density at radius 3 is 2.68 bits per heavy atom. The van der Waals surface area contributed by atoms with Crippen LogP contribution >= 0.6 is 11.6 Å². The van der Waals surface area contributed by atoms with Crippen molar-refractivity contribution < 1.29 is 9.53 Å². The Balaban J connectivity index is 2.09. The van der Waals surface area contributed by atoms with E-state index >= 15 is 0 Å². The topological polar surface area (TPSA) is 76.1 Å². The first-order chi connectivity index (χ1) is 9.19. The number of anilines is 2. The van der Waals surface area contributed by atoms with E-state index in [-0.39, 0.29) is 5.95 Å². The largest absolute Gasteiger partial charge is 0.495 e. The lowest BCUT2D eigenvalue weighted by Gasteiger charge is -2.10.